The second kappa shape index (κ2) is 10.3. The number of rotatable bonds is 9. The Hall–Kier alpha value is -3.39. The van der Waals surface area contributed by atoms with Crippen molar-refractivity contribution < 1.29 is 22.3 Å². The molecule has 3 aromatic rings. The smallest absolute Gasteiger partial charge is 0.251 e. The maximum atomic E-state index is 13.0. The van der Waals surface area contributed by atoms with Crippen LogP contribution < -0.4 is 14.4 Å². The Morgan fingerprint density at radius 3 is 2.22 bits per heavy atom. The molecule has 0 aliphatic carbocycles. The van der Waals surface area contributed by atoms with E-state index in [1.165, 1.54) is 16.4 Å². The minimum atomic E-state index is -3.58. The third-order valence-electron chi connectivity index (χ3n) is 4.74. The molecule has 168 valence electrons. The maximum absolute atomic E-state index is 13.0. The van der Waals surface area contributed by atoms with Crippen molar-refractivity contribution in [2.24, 2.45) is 0 Å². The van der Waals surface area contributed by atoms with E-state index in [4.69, 9.17) is 4.74 Å². The predicted molar refractivity (Wildman–Crippen MR) is 123 cm³/mol. The first-order valence-electron chi connectivity index (χ1n) is 10.1. The highest BCUT2D eigenvalue weighted by Crippen LogP contribution is 2.31. The van der Waals surface area contributed by atoms with Gasteiger partial charge in [0, 0.05) is 12.1 Å². The summed E-state index contributed by atoms with van der Waals surface area (Å²) in [5, 5.41) is 2.78. The van der Waals surface area contributed by atoms with Crippen molar-refractivity contribution in [2.75, 3.05) is 17.2 Å². The van der Waals surface area contributed by atoms with Crippen LogP contribution in [0.2, 0.25) is 0 Å². The zero-order chi connectivity index (χ0) is 23.1. The third-order valence-corrected chi connectivity index (χ3v) is 5.87. The molecule has 3 aromatic carbocycles. The van der Waals surface area contributed by atoms with Crippen molar-refractivity contribution in [3.05, 3.63) is 95.3 Å². The molecule has 0 aliphatic rings. The van der Waals surface area contributed by atoms with Gasteiger partial charge in [-0.3, -0.25) is 9.10 Å². The lowest BCUT2D eigenvalue weighted by Gasteiger charge is -2.24. The number of hydrogen-bond acceptors (Lipinski definition) is 4. The molecule has 0 aromatic heterocycles. The van der Waals surface area contributed by atoms with Gasteiger partial charge in [-0.15, -0.1) is 0 Å². The maximum Gasteiger partial charge on any atom is 0.251 e. The number of carbonyl (C=O) groups is 1. The van der Waals surface area contributed by atoms with Crippen LogP contribution >= 0.6 is 0 Å². The molecule has 1 N–H and O–H groups in total. The molecule has 0 saturated heterocycles. The zero-order valence-electron chi connectivity index (χ0n) is 17.9. The van der Waals surface area contributed by atoms with Gasteiger partial charge in [-0.1, -0.05) is 36.4 Å². The van der Waals surface area contributed by atoms with E-state index in [-0.39, 0.29) is 24.8 Å². The van der Waals surface area contributed by atoms with Gasteiger partial charge >= 0.3 is 0 Å². The average molecular weight is 457 g/mol. The molecular weight excluding hydrogens is 431 g/mol. The second-order valence-corrected chi connectivity index (χ2v) is 9.08. The van der Waals surface area contributed by atoms with E-state index in [1.807, 2.05) is 6.92 Å². The zero-order valence-corrected chi connectivity index (χ0v) is 18.7. The summed E-state index contributed by atoms with van der Waals surface area (Å²) in [5.41, 5.74) is 2.40. The van der Waals surface area contributed by atoms with Gasteiger partial charge in [-0.25, -0.2) is 12.8 Å². The number of para-hydroxylation sites is 2. The molecule has 0 saturated carbocycles. The number of benzene rings is 3. The summed E-state index contributed by atoms with van der Waals surface area (Å²) >= 11 is 0. The molecule has 0 fully saturated rings. The largest absolute Gasteiger partial charge is 0.492 e. The summed E-state index contributed by atoms with van der Waals surface area (Å²) in [6.45, 7) is 2.62. The number of nitrogens with one attached hydrogen (secondary N) is 1. The molecule has 0 bridgehead atoms. The van der Waals surface area contributed by atoms with Crippen molar-refractivity contribution in [3.8, 4) is 5.75 Å². The molecule has 32 heavy (non-hydrogen) atoms. The Bertz CT molecular complexity index is 1160. The topological polar surface area (TPSA) is 75.7 Å². The van der Waals surface area contributed by atoms with E-state index in [0.29, 0.717) is 23.6 Å². The van der Waals surface area contributed by atoms with E-state index in [0.717, 1.165) is 17.4 Å². The Labute approximate surface area is 187 Å². The number of hydrogen-bond donors (Lipinski definition) is 1. The van der Waals surface area contributed by atoms with Gasteiger partial charge in [-0.05, 0) is 54.4 Å². The van der Waals surface area contributed by atoms with E-state index >= 15 is 0 Å². The highest BCUT2D eigenvalue weighted by Gasteiger charge is 2.21. The summed E-state index contributed by atoms with van der Waals surface area (Å²) in [6.07, 6.45) is 1.15. The van der Waals surface area contributed by atoms with E-state index in [9.17, 15) is 17.6 Å². The van der Waals surface area contributed by atoms with Crippen LogP contribution in [0.4, 0.5) is 10.1 Å². The van der Waals surface area contributed by atoms with Crippen molar-refractivity contribution in [1.82, 2.24) is 5.32 Å². The van der Waals surface area contributed by atoms with Crippen molar-refractivity contribution in [1.29, 1.82) is 0 Å². The van der Waals surface area contributed by atoms with Gasteiger partial charge < -0.3 is 10.1 Å². The molecule has 3 rings (SSSR count). The first-order valence-corrected chi connectivity index (χ1v) is 11.9. The van der Waals surface area contributed by atoms with Crippen LogP contribution in [0.3, 0.4) is 0 Å². The fourth-order valence-electron chi connectivity index (χ4n) is 3.14. The molecule has 0 heterocycles. The molecule has 1 amide bonds. The highest BCUT2D eigenvalue weighted by molar-refractivity contribution is 7.92. The molecule has 0 unspecified atom stereocenters. The molecule has 0 spiro atoms. The molecule has 0 aliphatic heterocycles. The van der Waals surface area contributed by atoms with Gasteiger partial charge in [0.1, 0.15) is 11.6 Å². The number of halogens is 1. The standard InChI is InChI=1S/C24H25FN2O4S/c1-3-31-23-7-5-4-6-22(23)27(32(2,29)30)17-19-8-12-20(13-9-19)24(28)26-16-18-10-14-21(25)15-11-18/h4-15H,3,16-17H2,1-2H3,(H,26,28). The van der Waals surface area contributed by atoms with Crippen molar-refractivity contribution in [3.63, 3.8) is 0 Å². The number of amides is 1. The molecule has 0 atom stereocenters. The number of sulfonamides is 1. The van der Waals surface area contributed by atoms with E-state index in [2.05, 4.69) is 5.32 Å². The lowest BCUT2D eigenvalue weighted by molar-refractivity contribution is 0.0951. The monoisotopic (exact) mass is 456 g/mol. The number of ether oxygens (including phenoxy) is 1. The number of carbonyl (C=O) groups excluding carboxylic acids is 1. The summed E-state index contributed by atoms with van der Waals surface area (Å²) in [7, 11) is -3.58. The first-order chi connectivity index (χ1) is 15.3. The predicted octanol–water partition coefficient (Wildman–Crippen LogP) is 4.12. The van der Waals surface area contributed by atoms with Gasteiger partial charge in [0.2, 0.25) is 10.0 Å². The quantitative estimate of drug-likeness (QED) is 0.526. The van der Waals surface area contributed by atoms with Crippen molar-refractivity contribution >= 4 is 21.6 Å². The number of nitrogens with zero attached hydrogens (tertiary/aromatic N) is 1. The first kappa shape index (κ1) is 23.3. The van der Waals surface area contributed by atoms with Crippen LogP contribution in [0.15, 0.2) is 72.8 Å². The van der Waals surface area contributed by atoms with E-state index in [1.54, 1.807) is 60.7 Å². The fourth-order valence-corrected chi connectivity index (χ4v) is 4.03. The summed E-state index contributed by atoms with van der Waals surface area (Å²) in [5.74, 6) is -0.123. The van der Waals surface area contributed by atoms with Crippen LogP contribution in [0.1, 0.15) is 28.4 Å². The molecule has 8 heteroatoms. The summed E-state index contributed by atoms with van der Waals surface area (Å²) in [4.78, 5) is 12.4. The Morgan fingerprint density at radius 1 is 0.969 bits per heavy atom. The molecule has 0 radical (unpaired) electrons. The van der Waals surface area contributed by atoms with Gasteiger partial charge in [0.25, 0.3) is 5.91 Å². The minimum Gasteiger partial charge on any atom is -0.492 e. The SMILES string of the molecule is CCOc1ccccc1N(Cc1ccc(C(=O)NCc2ccc(F)cc2)cc1)S(C)(=O)=O. The van der Waals surface area contributed by atoms with Crippen LogP contribution in [-0.4, -0.2) is 27.2 Å². The van der Waals surface area contributed by atoms with Gasteiger partial charge in [-0.2, -0.15) is 0 Å². The van der Waals surface area contributed by atoms with Crippen LogP contribution in [-0.2, 0) is 23.1 Å². The minimum absolute atomic E-state index is 0.0976. The second-order valence-electron chi connectivity index (χ2n) is 7.18. The molecule has 6 nitrogen and oxygen atoms in total. The Balaban J connectivity index is 1.72. The van der Waals surface area contributed by atoms with Crippen LogP contribution in [0.25, 0.3) is 0 Å². The lowest BCUT2D eigenvalue weighted by atomic mass is 10.1. The van der Waals surface area contributed by atoms with Crippen molar-refractivity contribution in [2.45, 2.75) is 20.0 Å². The average Bonchev–Trinajstić information content (AvgIpc) is 2.77. The Kier molecular flexibility index (Phi) is 7.48. The Morgan fingerprint density at radius 2 is 1.59 bits per heavy atom. The normalized spacial score (nSPS) is 11.1. The van der Waals surface area contributed by atoms with E-state index < -0.39 is 10.0 Å². The lowest BCUT2D eigenvalue weighted by Crippen LogP contribution is -2.29. The van der Waals surface area contributed by atoms with Gasteiger partial charge in [0.05, 0.1) is 25.1 Å². The summed E-state index contributed by atoms with van der Waals surface area (Å²) in [6, 6.07) is 19.6. The fraction of sp³-hybridized carbons (Fsp3) is 0.208. The van der Waals surface area contributed by atoms with Crippen LogP contribution in [0, 0.1) is 5.82 Å². The van der Waals surface area contributed by atoms with Crippen LogP contribution in [0.5, 0.6) is 5.75 Å². The summed E-state index contributed by atoms with van der Waals surface area (Å²) < 4.78 is 44.8. The third kappa shape index (κ3) is 6.07. The molecular formula is C24H25FN2O4S. The highest BCUT2D eigenvalue weighted by atomic mass is 32.2. The van der Waals surface area contributed by atoms with Gasteiger partial charge in [0.15, 0.2) is 0 Å². The number of anilines is 1.